The number of carbonyl (C=O) groups is 2. The normalized spacial score (nSPS) is 9.95. The van der Waals surface area contributed by atoms with E-state index in [1.165, 1.54) is 27.4 Å². The molecule has 22 heavy (non-hydrogen) atoms. The maximum atomic E-state index is 12.5. The number of benzene rings is 2. The van der Waals surface area contributed by atoms with Crippen LogP contribution in [0.1, 0.15) is 26.3 Å². The van der Waals surface area contributed by atoms with Crippen LogP contribution >= 0.6 is 0 Å². The molecule has 114 valence electrons. The predicted octanol–water partition coefficient (Wildman–Crippen LogP) is 2.72. The zero-order chi connectivity index (χ0) is 16.1. The Labute approximate surface area is 128 Å². The van der Waals surface area contributed by atoms with Gasteiger partial charge in [-0.05, 0) is 30.3 Å². The number of ether oxygens (including phenoxy) is 3. The lowest BCUT2D eigenvalue weighted by Gasteiger charge is -2.09. The number of hydrogen-bond donors (Lipinski definition) is 0. The van der Waals surface area contributed by atoms with Crippen LogP contribution in [0.4, 0.5) is 0 Å². The Morgan fingerprint density at radius 3 is 2.23 bits per heavy atom. The molecule has 0 aliphatic rings. The number of carbonyl (C=O) groups excluding carboxylic acids is 2. The highest BCUT2D eigenvalue weighted by atomic mass is 16.5. The second-order valence-corrected chi connectivity index (χ2v) is 4.47. The third kappa shape index (κ3) is 3.09. The van der Waals surface area contributed by atoms with E-state index in [1.807, 2.05) is 0 Å². The highest BCUT2D eigenvalue weighted by molar-refractivity contribution is 6.10. The van der Waals surface area contributed by atoms with Crippen LogP contribution in [-0.4, -0.2) is 33.1 Å². The van der Waals surface area contributed by atoms with Gasteiger partial charge in [0.25, 0.3) is 0 Å². The third-order valence-electron chi connectivity index (χ3n) is 3.20. The first kappa shape index (κ1) is 15.6. The lowest BCUT2D eigenvalue weighted by Crippen LogP contribution is -2.08. The first-order valence-corrected chi connectivity index (χ1v) is 6.55. The van der Waals surface area contributed by atoms with Crippen molar-refractivity contribution in [2.45, 2.75) is 0 Å². The molecule has 5 nitrogen and oxygen atoms in total. The lowest BCUT2D eigenvalue weighted by atomic mass is 10.0. The summed E-state index contributed by atoms with van der Waals surface area (Å²) in [7, 11) is 4.26. The zero-order valence-corrected chi connectivity index (χ0v) is 12.6. The highest BCUT2D eigenvalue weighted by Crippen LogP contribution is 2.23. The second-order valence-electron chi connectivity index (χ2n) is 4.47. The van der Waals surface area contributed by atoms with Gasteiger partial charge in [0.1, 0.15) is 17.1 Å². The molecule has 2 aromatic rings. The molecular formula is C17H16O5. The molecule has 2 rings (SSSR count). The maximum Gasteiger partial charge on any atom is 0.341 e. The van der Waals surface area contributed by atoms with Crippen LogP contribution in [0.25, 0.3) is 0 Å². The van der Waals surface area contributed by atoms with E-state index in [1.54, 1.807) is 36.4 Å². The molecule has 2 aromatic carbocycles. The van der Waals surface area contributed by atoms with Gasteiger partial charge in [0.05, 0.1) is 21.3 Å². The third-order valence-corrected chi connectivity index (χ3v) is 3.20. The van der Waals surface area contributed by atoms with Gasteiger partial charge in [0.15, 0.2) is 5.78 Å². The summed E-state index contributed by atoms with van der Waals surface area (Å²) in [5.74, 6) is 0.172. The van der Waals surface area contributed by atoms with Crippen molar-refractivity contribution < 1.29 is 23.8 Å². The summed E-state index contributed by atoms with van der Waals surface area (Å²) in [4.78, 5) is 24.3. The SMILES string of the molecule is COC(=O)c1cc(C(=O)c2cccc(OC)c2)ccc1OC. The van der Waals surface area contributed by atoms with Crippen LogP contribution in [0.3, 0.4) is 0 Å². The Morgan fingerprint density at radius 2 is 1.59 bits per heavy atom. The molecule has 0 atom stereocenters. The first-order valence-electron chi connectivity index (χ1n) is 6.55. The monoisotopic (exact) mass is 300 g/mol. The van der Waals surface area contributed by atoms with Crippen LogP contribution in [0.15, 0.2) is 42.5 Å². The maximum absolute atomic E-state index is 12.5. The first-order chi connectivity index (χ1) is 10.6. The Balaban J connectivity index is 2.43. The van der Waals surface area contributed by atoms with Crippen LogP contribution in [-0.2, 0) is 4.74 Å². The molecule has 0 aliphatic carbocycles. The number of ketones is 1. The smallest absolute Gasteiger partial charge is 0.341 e. The fourth-order valence-corrected chi connectivity index (χ4v) is 2.05. The fraction of sp³-hybridized carbons (Fsp3) is 0.176. The van der Waals surface area contributed by atoms with Crippen molar-refractivity contribution in [1.29, 1.82) is 0 Å². The molecule has 5 heteroatoms. The molecule has 0 bridgehead atoms. The summed E-state index contributed by atoms with van der Waals surface area (Å²) >= 11 is 0. The molecule has 0 saturated carbocycles. The van der Waals surface area contributed by atoms with Gasteiger partial charge in [-0.1, -0.05) is 12.1 Å². The van der Waals surface area contributed by atoms with Crippen molar-refractivity contribution >= 4 is 11.8 Å². The van der Waals surface area contributed by atoms with Gasteiger partial charge in [0.2, 0.25) is 0 Å². The number of methoxy groups -OCH3 is 3. The van der Waals surface area contributed by atoms with Gasteiger partial charge in [-0.25, -0.2) is 4.79 Å². The molecule has 0 amide bonds. The van der Waals surface area contributed by atoms with Crippen LogP contribution in [0, 0.1) is 0 Å². The van der Waals surface area contributed by atoms with Crippen molar-refractivity contribution in [3.8, 4) is 11.5 Å². The van der Waals surface area contributed by atoms with Crippen LogP contribution in [0.5, 0.6) is 11.5 Å². The van der Waals surface area contributed by atoms with E-state index in [2.05, 4.69) is 0 Å². The summed E-state index contributed by atoms with van der Waals surface area (Å²) < 4.78 is 14.9. The predicted molar refractivity (Wildman–Crippen MR) is 80.8 cm³/mol. The highest BCUT2D eigenvalue weighted by Gasteiger charge is 2.17. The summed E-state index contributed by atoms with van der Waals surface area (Å²) in [6.07, 6.45) is 0. The topological polar surface area (TPSA) is 61.8 Å². The van der Waals surface area contributed by atoms with Gasteiger partial charge in [-0.15, -0.1) is 0 Å². The fourth-order valence-electron chi connectivity index (χ4n) is 2.05. The van der Waals surface area contributed by atoms with Gasteiger partial charge in [-0.2, -0.15) is 0 Å². The summed E-state index contributed by atoms with van der Waals surface area (Å²) in [6, 6.07) is 11.5. The molecule has 0 unspecified atom stereocenters. The van der Waals surface area contributed by atoms with Crippen molar-refractivity contribution in [3.63, 3.8) is 0 Å². The molecule has 0 aromatic heterocycles. The second kappa shape index (κ2) is 6.76. The van der Waals surface area contributed by atoms with Crippen LogP contribution in [0.2, 0.25) is 0 Å². The molecule has 0 saturated heterocycles. The molecular weight excluding hydrogens is 284 g/mol. The van der Waals surface area contributed by atoms with Crippen molar-refractivity contribution in [2.24, 2.45) is 0 Å². The van der Waals surface area contributed by atoms with E-state index in [4.69, 9.17) is 14.2 Å². The van der Waals surface area contributed by atoms with Gasteiger partial charge in [0, 0.05) is 11.1 Å². The summed E-state index contributed by atoms with van der Waals surface area (Å²) in [5, 5.41) is 0. The Kier molecular flexibility index (Phi) is 4.78. The summed E-state index contributed by atoms with van der Waals surface area (Å²) in [6.45, 7) is 0. The Hall–Kier alpha value is -2.82. The van der Waals surface area contributed by atoms with E-state index in [0.29, 0.717) is 22.6 Å². The largest absolute Gasteiger partial charge is 0.497 e. The molecule has 0 radical (unpaired) electrons. The summed E-state index contributed by atoms with van der Waals surface area (Å²) in [5.41, 5.74) is 1.05. The van der Waals surface area contributed by atoms with Gasteiger partial charge in [-0.3, -0.25) is 4.79 Å². The Morgan fingerprint density at radius 1 is 0.864 bits per heavy atom. The molecule has 0 fully saturated rings. The van der Waals surface area contributed by atoms with Crippen molar-refractivity contribution in [3.05, 3.63) is 59.2 Å². The van der Waals surface area contributed by atoms with E-state index in [0.717, 1.165) is 0 Å². The number of esters is 1. The average molecular weight is 300 g/mol. The minimum absolute atomic E-state index is 0.207. The average Bonchev–Trinajstić information content (AvgIpc) is 2.59. The number of hydrogen-bond acceptors (Lipinski definition) is 5. The minimum Gasteiger partial charge on any atom is -0.497 e. The molecule has 0 aliphatic heterocycles. The standard InChI is InChI=1S/C17H16O5/c1-20-13-6-4-5-11(9-13)16(18)12-7-8-15(21-2)14(10-12)17(19)22-3/h4-10H,1-3H3. The van der Waals surface area contributed by atoms with Crippen molar-refractivity contribution in [2.75, 3.05) is 21.3 Å². The minimum atomic E-state index is -0.558. The van der Waals surface area contributed by atoms with Gasteiger partial charge >= 0.3 is 5.97 Å². The van der Waals surface area contributed by atoms with E-state index in [-0.39, 0.29) is 11.3 Å². The lowest BCUT2D eigenvalue weighted by molar-refractivity contribution is 0.0597. The van der Waals surface area contributed by atoms with E-state index in [9.17, 15) is 9.59 Å². The zero-order valence-electron chi connectivity index (χ0n) is 12.6. The molecule has 0 N–H and O–H groups in total. The van der Waals surface area contributed by atoms with E-state index >= 15 is 0 Å². The quantitative estimate of drug-likeness (QED) is 0.627. The van der Waals surface area contributed by atoms with Crippen molar-refractivity contribution in [1.82, 2.24) is 0 Å². The van der Waals surface area contributed by atoms with E-state index < -0.39 is 5.97 Å². The molecule has 0 spiro atoms. The Bertz CT molecular complexity index is 706. The number of rotatable bonds is 5. The van der Waals surface area contributed by atoms with Crippen LogP contribution < -0.4 is 9.47 Å². The molecule has 0 heterocycles. The van der Waals surface area contributed by atoms with Gasteiger partial charge < -0.3 is 14.2 Å².